The third-order valence-electron chi connectivity index (χ3n) is 3.57. The average molecular weight is 327 g/mol. The third-order valence-corrected chi connectivity index (χ3v) is 3.82. The fourth-order valence-corrected chi connectivity index (χ4v) is 2.54. The van der Waals surface area contributed by atoms with E-state index in [4.69, 9.17) is 11.6 Å². The Morgan fingerprint density at radius 1 is 1.13 bits per heavy atom. The van der Waals surface area contributed by atoms with Crippen molar-refractivity contribution in [2.45, 2.75) is 13.5 Å². The molecule has 0 aliphatic carbocycles. The molecular weight excluding hydrogens is 312 g/mol. The highest BCUT2D eigenvalue weighted by molar-refractivity contribution is 6.30. The highest BCUT2D eigenvalue weighted by atomic mass is 35.5. The molecule has 0 aromatic heterocycles. The molecule has 0 saturated carbocycles. The van der Waals surface area contributed by atoms with Crippen LogP contribution in [0.3, 0.4) is 0 Å². The number of imide groups is 1. The van der Waals surface area contributed by atoms with Crippen molar-refractivity contribution < 1.29 is 9.59 Å². The first-order valence-electron chi connectivity index (χ1n) is 7.18. The number of benzene rings is 2. The molecule has 23 heavy (non-hydrogen) atoms. The lowest BCUT2D eigenvalue weighted by Gasteiger charge is -2.11. The van der Waals surface area contributed by atoms with Crippen molar-refractivity contribution in [2.24, 2.45) is 0 Å². The van der Waals surface area contributed by atoms with Gasteiger partial charge >= 0.3 is 6.03 Å². The van der Waals surface area contributed by atoms with E-state index < -0.39 is 6.03 Å². The van der Waals surface area contributed by atoms with Gasteiger partial charge in [-0.15, -0.1) is 0 Å². The molecule has 1 aliphatic rings. The molecule has 0 radical (unpaired) electrons. The number of halogens is 1. The van der Waals surface area contributed by atoms with Gasteiger partial charge in [-0.2, -0.15) is 0 Å². The first kappa shape index (κ1) is 15.3. The molecule has 2 aromatic carbocycles. The molecule has 1 heterocycles. The van der Waals surface area contributed by atoms with Gasteiger partial charge < -0.3 is 5.32 Å². The van der Waals surface area contributed by atoms with Crippen LogP contribution >= 0.6 is 11.6 Å². The molecule has 0 spiro atoms. The number of amides is 3. The maximum absolute atomic E-state index is 12.4. The number of hydrogen-bond acceptors (Lipinski definition) is 2. The molecular formula is C18H15ClN2O2. The van der Waals surface area contributed by atoms with Crippen molar-refractivity contribution >= 4 is 29.6 Å². The summed E-state index contributed by atoms with van der Waals surface area (Å²) >= 11 is 5.84. The summed E-state index contributed by atoms with van der Waals surface area (Å²) in [6.07, 6.45) is 1.69. The van der Waals surface area contributed by atoms with E-state index in [1.54, 1.807) is 30.3 Å². The van der Waals surface area contributed by atoms with Crippen LogP contribution < -0.4 is 5.32 Å². The summed E-state index contributed by atoms with van der Waals surface area (Å²) in [4.78, 5) is 25.7. The van der Waals surface area contributed by atoms with Gasteiger partial charge in [0.05, 0.1) is 6.54 Å². The van der Waals surface area contributed by atoms with Crippen LogP contribution in [0.4, 0.5) is 4.79 Å². The normalized spacial score (nSPS) is 16.1. The lowest BCUT2D eigenvalue weighted by atomic mass is 10.1. The van der Waals surface area contributed by atoms with Crippen LogP contribution in [0, 0.1) is 6.92 Å². The minimum absolute atomic E-state index is 0.215. The number of nitrogens with one attached hydrogen (secondary N) is 1. The lowest BCUT2D eigenvalue weighted by molar-refractivity contribution is -0.123. The molecule has 0 atom stereocenters. The molecule has 1 saturated heterocycles. The summed E-state index contributed by atoms with van der Waals surface area (Å²) in [5.41, 5.74) is 3.10. The molecule has 2 aromatic rings. The van der Waals surface area contributed by atoms with E-state index in [0.29, 0.717) is 5.02 Å². The zero-order valence-electron chi connectivity index (χ0n) is 12.5. The Morgan fingerprint density at radius 3 is 2.57 bits per heavy atom. The van der Waals surface area contributed by atoms with Crippen LogP contribution in [0.1, 0.15) is 16.7 Å². The quantitative estimate of drug-likeness (QED) is 0.690. The van der Waals surface area contributed by atoms with E-state index in [9.17, 15) is 9.59 Å². The van der Waals surface area contributed by atoms with Crippen LogP contribution in [-0.2, 0) is 11.3 Å². The Balaban J connectivity index is 1.81. The molecule has 4 nitrogen and oxygen atoms in total. The maximum atomic E-state index is 12.4. The first-order valence-corrected chi connectivity index (χ1v) is 7.56. The second-order valence-corrected chi connectivity index (χ2v) is 5.86. The standard InChI is InChI=1S/C18H15ClN2O2/c1-12-3-2-4-14(9-12)10-16-17(22)21(18(23)20-16)11-13-5-7-15(19)8-6-13/h2-10H,11H2,1H3,(H,20,23)/b16-10+. The molecule has 116 valence electrons. The molecule has 5 heteroatoms. The summed E-state index contributed by atoms with van der Waals surface area (Å²) in [6.45, 7) is 2.19. The van der Waals surface area contributed by atoms with E-state index in [0.717, 1.165) is 16.7 Å². The van der Waals surface area contributed by atoms with E-state index in [2.05, 4.69) is 5.32 Å². The highest BCUT2D eigenvalue weighted by Gasteiger charge is 2.33. The Morgan fingerprint density at radius 2 is 1.87 bits per heavy atom. The van der Waals surface area contributed by atoms with E-state index in [1.807, 2.05) is 31.2 Å². The summed E-state index contributed by atoms with van der Waals surface area (Å²) in [6, 6.07) is 14.4. The van der Waals surface area contributed by atoms with Crippen LogP contribution in [0.2, 0.25) is 5.02 Å². The third kappa shape index (κ3) is 3.43. The molecule has 3 amide bonds. The molecule has 1 aliphatic heterocycles. The average Bonchev–Trinajstić information content (AvgIpc) is 2.77. The Kier molecular flexibility index (Phi) is 4.17. The number of rotatable bonds is 3. The van der Waals surface area contributed by atoms with Crippen molar-refractivity contribution in [1.82, 2.24) is 10.2 Å². The van der Waals surface area contributed by atoms with Gasteiger partial charge in [0.15, 0.2) is 0 Å². The Labute approximate surface area is 139 Å². The second-order valence-electron chi connectivity index (χ2n) is 5.42. The van der Waals surface area contributed by atoms with Gasteiger partial charge in [0.2, 0.25) is 0 Å². The predicted octanol–water partition coefficient (Wildman–Crippen LogP) is 3.74. The molecule has 1 fully saturated rings. The van der Waals surface area contributed by atoms with Crippen LogP contribution in [0.5, 0.6) is 0 Å². The first-order chi connectivity index (χ1) is 11.0. The monoisotopic (exact) mass is 326 g/mol. The number of aryl methyl sites for hydroxylation is 1. The summed E-state index contributed by atoms with van der Waals surface area (Å²) in [7, 11) is 0. The van der Waals surface area contributed by atoms with Gasteiger partial charge in [-0.05, 0) is 36.3 Å². The van der Waals surface area contributed by atoms with Crippen molar-refractivity contribution in [3.8, 4) is 0 Å². The predicted molar refractivity (Wildman–Crippen MR) is 89.7 cm³/mol. The SMILES string of the molecule is Cc1cccc(/C=C2/NC(=O)N(Cc3ccc(Cl)cc3)C2=O)c1. The summed E-state index contributed by atoms with van der Waals surface area (Å²) < 4.78 is 0. The fourth-order valence-electron chi connectivity index (χ4n) is 2.41. The maximum Gasteiger partial charge on any atom is 0.329 e. The highest BCUT2D eigenvalue weighted by Crippen LogP contribution is 2.18. The smallest absolute Gasteiger partial charge is 0.303 e. The summed E-state index contributed by atoms with van der Waals surface area (Å²) in [5.74, 6) is -0.327. The van der Waals surface area contributed by atoms with Gasteiger partial charge in [-0.25, -0.2) is 4.79 Å². The topological polar surface area (TPSA) is 49.4 Å². The van der Waals surface area contributed by atoms with E-state index in [1.165, 1.54) is 4.90 Å². The zero-order chi connectivity index (χ0) is 16.4. The van der Waals surface area contributed by atoms with Gasteiger partial charge in [0.25, 0.3) is 5.91 Å². The molecule has 3 rings (SSSR count). The molecule has 1 N–H and O–H groups in total. The number of urea groups is 1. The minimum Gasteiger partial charge on any atom is -0.303 e. The number of carbonyl (C=O) groups is 2. The lowest BCUT2D eigenvalue weighted by Crippen LogP contribution is -2.30. The Bertz CT molecular complexity index is 797. The zero-order valence-corrected chi connectivity index (χ0v) is 13.3. The number of nitrogens with zero attached hydrogens (tertiary/aromatic N) is 1. The van der Waals surface area contributed by atoms with Gasteiger partial charge in [0.1, 0.15) is 5.70 Å². The largest absolute Gasteiger partial charge is 0.329 e. The molecule has 0 unspecified atom stereocenters. The van der Waals surface area contributed by atoms with Crippen LogP contribution in [0.15, 0.2) is 54.2 Å². The van der Waals surface area contributed by atoms with Gasteiger partial charge in [-0.1, -0.05) is 53.6 Å². The van der Waals surface area contributed by atoms with Gasteiger partial charge in [-0.3, -0.25) is 9.69 Å². The fraction of sp³-hybridized carbons (Fsp3) is 0.111. The minimum atomic E-state index is -0.413. The van der Waals surface area contributed by atoms with E-state index >= 15 is 0 Å². The second kappa shape index (κ2) is 6.26. The number of carbonyl (C=O) groups excluding carboxylic acids is 2. The van der Waals surface area contributed by atoms with Crippen molar-refractivity contribution in [3.63, 3.8) is 0 Å². The van der Waals surface area contributed by atoms with Crippen molar-refractivity contribution in [3.05, 3.63) is 75.9 Å². The van der Waals surface area contributed by atoms with Crippen molar-refractivity contribution in [2.75, 3.05) is 0 Å². The van der Waals surface area contributed by atoms with Crippen LogP contribution in [0.25, 0.3) is 6.08 Å². The van der Waals surface area contributed by atoms with Crippen molar-refractivity contribution in [1.29, 1.82) is 0 Å². The van der Waals surface area contributed by atoms with Gasteiger partial charge in [0, 0.05) is 5.02 Å². The van der Waals surface area contributed by atoms with Crippen LogP contribution in [-0.4, -0.2) is 16.8 Å². The summed E-state index contributed by atoms with van der Waals surface area (Å²) in [5, 5.41) is 3.24. The molecule has 0 bridgehead atoms. The van der Waals surface area contributed by atoms with E-state index in [-0.39, 0.29) is 18.1 Å². The Hall–Kier alpha value is -2.59. The number of hydrogen-bond donors (Lipinski definition) is 1.